The lowest BCUT2D eigenvalue weighted by molar-refractivity contribution is -0.0482. The summed E-state index contributed by atoms with van der Waals surface area (Å²) in [5.74, 6) is 2.58. The molecule has 70 valence electrons. The van der Waals surface area contributed by atoms with Gasteiger partial charge in [-0.3, -0.25) is 0 Å². The van der Waals surface area contributed by atoms with Crippen LogP contribution in [0.5, 0.6) is 0 Å². The molecule has 0 aromatic carbocycles. The summed E-state index contributed by atoms with van der Waals surface area (Å²) in [6.07, 6.45) is 3.09. The molecule has 12 heavy (non-hydrogen) atoms. The molecule has 0 aromatic rings. The number of ether oxygens (including phenoxy) is 1. The van der Waals surface area contributed by atoms with Crippen molar-refractivity contribution >= 4 is 11.8 Å². The van der Waals surface area contributed by atoms with Crippen LogP contribution in [-0.4, -0.2) is 35.4 Å². The summed E-state index contributed by atoms with van der Waals surface area (Å²) in [6.45, 7) is 1.69. The third kappa shape index (κ3) is 1.63. The van der Waals surface area contributed by atoms with Crippen molar-refractivity contribution in [3.05, 3.63) is 0 Å². The van der Waals surface area contributed by atoms with Gasteiger partial charge in [-0.2, -0.15) is 11.8 Å². The van der Waals surface area contributed by atoms with E-state index in [1.165, 1.54) is 0 Å². The molecule has 2 nitrogen and oxygen atoms in total. The van der Waals surface area contributed by atoms with E-state index in [0.717, 1.165) is 44.0 Å². The van der Waals surface area contributed by atoms with Gasteiger partial charge in [0.15, 0.2) is 0 Å². The highest BCUT2D eigenvalue weighted by molar-refractivity contribution is 7.99. The summed E-state index contributed by atoms with van der Waals surface area (Å²) in [7, 11) is 0. The Bertz CT molecular complexity index is 149. The minimum absolute atomic E-state index is 0.353. The molecule has 0 amide bonds. The molecule has 1 N–H and O–H groups in total. The molecule has 0 bridgehead atoms. The van der Waals surface area contributed by atoms with Gasteiger partial charge in [0.25, 0.3) is 0 Å². The first kappa shape index (κ1) is 8.85. The van der Waals surface area contributed by atoms with E-state index in [2.05, 4.69) is 0 Å². The smallest absolute Gasteiger partial charge is 0.0775 e. The maximum absolute atomic E-state index is 10.2. The predicted molar refractivity (Wildman–Crippen MR) is 50.4 cm³/mol. The van der Waals surface area contributed by atoms with Crippen molar-refractivity contribution in [3.8, 4) is 0 Å². The first-order valence-electron chi connectivity index (χ1n) is 4.69. The van der Waals surface area contributed by atoms with Gasteiger partial charge in [-0.05, 0) is 30.9 Å². The summed E-state index contributed by atoms with van der Waals surface area (Å²) in [4.78, 5) is 0. The number of rotatable bonds is 1. The average Bonchev–Trinajstić information content (AvgIpc) is 2.55. The van der Waals surface area contributed by atoms with Gasteiger partial charge < -0.3 is 9.84 Å². The molecule has 1 unspecified atom stereocenters. The third-order valence-corrected chi connectivity index (χ3v) is 4.21. The Labute approximate surface area is 77.7 Å². The maximum Gasteiger partial charge on any atom is 0.0775 e. The van der Waals surface area contributed by atoms with Crippen LogP contribution < -0.4 is 0 Å². The van der Waals surface area contributed by atoms with Crippen LogP contribution in [0.4, 0.5) is 0 Å². The van der Waals surface area contributed by atoms with Gasteiger partial charge in [0, 0.05) is 19.0 Å². The topological polar surface area (TPSA) is 29.5 Å². The zero-order valence-corrected chi connectivity index (χ0v) is 8.11. The second kappa shape index (κ2) is 3.56. The molecule has 0 spiro atoms. The zero-order chi connectivity index (χ0) is 8.44. The zero-order valence-electron chi connectivity index (χ0n) is 7.29. The van der Waals surface area contributed by atoms with Gasteiger partial charge >= 0.3 is 0 Å². The summed E-state index contributed by atoms with van der Waals surface area (Å²) in [5.41, 5.74) is -0.353. The summed E-state index contributed by atoms with van der Waals surface area (Å²) >= 11 is 1.88. The molecule has 3 heteroatoms. The molecule has 0 aromatic heterocycles. The minimum atomic E-state index is -0.353. The van der Waals surface area contributed by atoms with Crippen molar-refractivity contribution in [1.29, 1.82) is 0 Å². The van der Waals surface area contributed by atoms with Crippen LogP contribution in [0.3, 0.4) is 0 Å². The molecule has 0 aliphatic carbocycles. The van der Waals surface area contributed by atoms with Crippen LogP contribution in [-0.2, 0) is 4.74 Å². The van der Waals surface area contributed by atoms with E-state index in [9.17, 15) is 5.11 Å². The van der Waals surface area contributed by atoms with E-state index < -0.39 is 0 Å². The Hall–Kier alpha value is 0.270. The van der Waals surface area contributed by atoms with Crippen LogP contribution in [0.2, 0.25) is 0 Å². The first-order valence-corrected chi connectivity index (χ1v) is 5.85. The fourth-order valence-electron chi connectivity index (χ4n) is 2.13. The lowest BCUT2D eigenvalue weighted by atomic mass is 9.81. The largest absolute Gasteiger partial charge is 0.389 e. The summed E-state index contributed by atoms with van der Waals surface area (Å²) in [5, 5.41) is 10.2. The Morgan fingerprint density at radius 3 is 2.67 bits per heavy atom. The highest BCUT2D eigenvalue weighted by atomic mass is 32.2. The van der Waals surface area contributed by atoms with E-state index in [1.54, 1.807) is 0 Å². The van der Waals surface area contributed by atoms with Crippen molar-refractivity contribution in [1.82, 2.24) is 0 Å². The number of hydrogen-bond acceptors (Lipinski definition) is 3. The van der Waals surface area contributed by atoms with Gasteiger partial charge in [0.1, 0.15) is 0 Å². The molecule has 0 saturated carbocycles. The fraction of sp³-hybridized carbons (Fsp3) is 1.00. The third-order valence-electron chi connectivity index (χ3n) is 3.01. The van der Waals surface area contributed by atoms with Gasteiger partial charge in [0.05, 0.1) is 5.60 Å². The van der Waals surface area contributed by atoms with Crippen LogP contribution in [0, 0.1) is 5.92 Å². The fourth-order valence-corrected chi connectivity index (χ4v) is 3.50. The van der Waals surface area contributed by atoms with E-state index in [-0.39, 0.29) is 5.60 Å². The molecular weight excluding hydrogens is 172 g/mol. The molecule has 2 rings (SSSR count). The molecular formula is C9H16O2S. The standard InChI is InChI=1S/C9H16O2S/c10-9(3-6-12-7-9)8-1-4-11-5-2-8/h8,10H,1-7H2. The van der Waals surface area contributed by atoms with E-state index in [1.807, 2.05) is 11.8 Å². The first-order chi connectivity index (χ1) is 5.81. The summed E-state index contributed by atoms with van der Waals surface area (Å²) in [6, 6.07) is 0. The number of hydrogen-bond donors (Lipinski definition) is 1. The van der Waals surface area contributed by atoms with Gasteiger partial charge in [0.2, 0.25) is 0 Å². The van der Waals surface area contributed by atoms with Crippen LogP contribution in [0.25, 0.3) is 0 Å². The van der Waals surface area contributed by atoms with Crippen LogP contribution in [0.1, 0.15) is 19.3 Å². The minimum Gasteiger partial charge on any atom is -0.389 e. The molecule has 2 aliphatic heterocycles. The average molecular weight is 188 g/mol. The molecule has 0 radical (unpaired) electrons. The van der Waals surface area contributed by atoms with Gasteiger partial charge in [-0.1, -0.05) is 0 Å². The lowest BCUT2D eigenvalue weighted by Gasteiger charge is -2.34. The molecule has 2 heterocycles. The molecule has 2 aliphatic rings. The molecule has 1 atom stereocenters. The van der Waals surface area contributed by atoms with Crippen molar-refractivity contribution < 1.29 is 9.84 Å². The van der Waals surface area contributed by atoms with E-state index in [0.29, 0.717) is 5.92 Å². The normalized spacial score (nSPS) is 38.8. The van der Waals surface area contributed by atoms with Gasteiger partial charge in [-0.15, -0.1) is 0 Å². The van der Waals surface area contributed by atoms with Crippen molar-refractivity contribution in [2.24, 2.45) is 5.92 Å². The number of aliphatic hydroxyl groups is 1. The van der Waals surface area contributed by atoms with Crippen molar-refractivity contribution in [2.45, 2.75) is 24.9 Å². The van der Waals surface area contributed by atoms with Crippen molar-refractivity contribution in [2.75, 3.05) is 24.7 Å². The van der Waals surface area contributed by atoms with E-state index >= 15 is 0 Å². The van der Waals surface area contributed by atoms with Crippen LogP contribution in [0.15, 0.2) is 0 Å². The molecule has 2 saturated heterocycles. The predicted octanol–water partition coefficient (Wildman–Crippen LogP) is 1.28. The maximum atomic E-state index is 10.2. The second-order valence-corrected chi connectivity index (χ2v) is 4.90. The van der Waals surface area contributed by atoms with Crippen molar-refractivity contribution in [3.63, 3.8) is 0 Å². The Morgan fingerprint density at radius 1 is 1.33 bits per heavy atom. The number of thioether (sulfide) groups is 1. The monoisotopic (exact) mass is 188 g/mol. The Morgan fingerprint density at radius 2 is 2.08 bits per heavy atom. The molecule has 2 fully saturated rings. The highest BCUT2D eigenvalue weighted by Crippen LogP contribution is 2.38. The Balaban J connectivity index is 1.96. The SMILES string of the molecule is OC1(C2CCOCC2)CCSC1. The van der Waals surface area contributed by atoms with Crippen LogP contribution >= 0.6 is 11.8 Å². The van der Waals surface area contributed by atoms with Gasteiger partial charge in [-0.25, -0.2) is 0 Å². The lowest BCUT2D eigenvalue weighted by Crippen LogP contribution is -2.40. The quantitative estimate of drug-likeness (QED) is 0.672. The summed E-state index contributed by atoms with van der Waals surface area (Å²) < 4.78 is 5.29. The Kier molecular flexibility index (Phi) is 2.63. The second-order valence-electron chi connectivity index (χ2n) is 3.79. The van der Waals surface area contributed by atoms with E-state index in [4.69, 9.17) is 4.74 Å². The highest BCUT2D eigenvalue weighted by Gasteiger charge is 2.40.